The SMILES string of the molecule is COC(=O)c1c(C(=O)OC)n(Cc2ccccc2)c2ccc(Br)cc12. The highest BCUT2D eigenvalue weighted by Crippen LogP contribution is 2.31. The lowest BCUT2D eigenvalue weighted by molar-refractivity contribution is 0.0549. The van der Waals surface area contributed by atoms with E-state index in [4.69, 9.17) is 9.47 Å². The van der Waals surface area contributed by atoms with Crippen LogP contribution in [0.4, 0.5) is 0 Å². The topological polar surface area (TPSA) is 57.5 Å². The maximum absolute atomic E-state index is 12.5. The Bertz CT molecular complexity index is 947. The zero-order chi connectivity index (χ0) is 18.0. The van der Waals surface area contributed by atoms with Crippen molar-refractivity contribution in [3.63, 3.8) is 0 Å². The first-order valence-electron chi connectivity index (χ1n) is 7.59. The number of carbonyl (C=O) groups is 2. The fourth-order valence-electron chi connectivity index (χ4n) is 2.87. The van der Waals surface area contributed by atoms with Crippen LogP contribution in [0.25, 0.3) is 10.9 Å². The van der Waals surface area contributed by atoms with Gasteiger partial charge in [0.05, 0.1) is 14.2 Å². The summed E-state index contributed by atoms with van der Waals surface area (Å²) in [5.74, 6) is -1.15. The van der Waals surface area contributed by atoms with E-state index in [1.807, 2.05) is 42.5 Å². The van der Waals surface area contributed by atoms with Crippen molar-refractivity contribution in [1.29, 1.82) is 0 Å². The summed E-state index contributed by atoms with van der Waals surface area (Å²) in [6, 6.07) is 15.2. The van der Waals surface area contributed by atoms with Crippen LogP contribution in [0.3, 0.4) is 0 Å². The minimum absolute atomic E-state index is 0.186. The molecule has 0 spiro atoms. The largest absolute Gasteiger partial charge is 0.465 e. The molecule has 6 heteroatoms. The van der Waals surface area contributed by atoms with Gasteiger partial charge in [-0.05, 0) is 23.8 Å². The van der Waals surface area contributed by atoms with Crippen molar-refractivity contribution in [2.75, 3.05) is 14.2 Å². The molecule has 25 heavy (non-hydrogen) atoms. The smallest absolute Gasteiger partial charge is 0.355 e. The van der Waals surface area contributed by atoms with Gasteiger partial charge in [0.1, 0.15) is 11.3 Å². The monoisotopic (exact) mass is 401 g/mol. The average molecular weight is 402 g/mol. The van der Waals surface area contributed by atoms with E-state index < -0.39 is 11.9 Å². The first kappa shape index (κ1) is 17.2. The molecule has 0 aliphatic heterocycles. The van der Waals surface area contributed by atoms with E-state index in [2.05, 4.69) is 15.9 Å². The number of fused-ring (bicyclic) bond motifs is 1. The van der Waals surface area contributed by atoms with E-state index in [-0.39, 0.29) is 11.3 Å². The molecule has 1 aromatic heterocycles. The zero-order valence-corrected chi connectivity index (χ0v) is 15.4. The number of halogens is 1. The van der Waals surface area contributed by atoms with E-state index in [0.717, 1.165) is 15.6 Å². The summed E-state index contributed by atoms with van der Waals surface area (Å²) >= 11 is 3.41. The van der Waals surface area contributed by atoms with Crippen molar-refractivity contribution in [3.8, 4) is 0 Å². The molecule has 0 amide bonds. The van der Waals surface area contributed by atoms with Crippen LogP contribution < -0.4 is 0 Å². The fraction of sp³-hybridized carbons (Fsp3) is 0.158. The van der Waals surface area contributed by atoms with Gasteiger partial charge in [-0.2, -0.15) is 0 Å². The number of carbonyl (C=O) groups excluding carboxylic acids is 2. The minimum Gasteiger partial charge on any atom is -0.465 e. The second-order valence-corrected chi connectivity index (χ2v) is 6.36. The summed E-state index contributed by atoms with van der Waals surface area (Å²) in [6.07, 6.45) is 0. The van der Waals surface area contributed by atoms with Gasteiger partial charge >= 0.3 is 11.9 Å². The summed E-state index contributed by atoms with van der Waals surface area (Å²) in [7, 11) is 2.59. The highest BCUT2D eigenvalue weighted by molar-refractivity contribution is 9.10. The molecule has 0 atom stereocenters. The minimum atomic E-state index is -0.580. The lowest BCUT2D eigenvalue weighted by Gasteiger charge is -2.10. The Hall–Kier alpha value is -2.60. The molecule has 1 heterocycles. The van der Waals surface area contributed by atoms with Crippen LogP contribution in [-0.2, 0) is 16.0 Å². The van der Waals surface area contributed by atoms with E-state index >= 15 is 0 Å². The second-order valence-electron chi connectivity index (χ2n) is 5.44. The molecule has 0 bridgehead atoms. The van der Waals surface area contributed by atoms with Gasteiger partial charge in [0.25, 0.3) is 0 Å². The van der Waals surface area contributed by atoms with Crippen LogP contribution >= 0.6 is 15.9 Å². The highest BCUT2D eigenvalue weighted by atomic mass is 79.9. The van der Waals surface area contributed by atoms with Crippen LogP contribution in [0, 0.1) is 0 Å². The number of esters is 2. The van der Waals surface area contributed by atoms with E-state index in [0.29, 0.717) is 11.9 Å². The summed E-state index contributed by atoms with van der Waals surface area (Å²) in [5, 5.41) is 0.637. The number of rotatable bonds is 4. The molecule has 2 aromatic carbocycles. The van der Waals surface area contributed by atoms with Gasteiger partial charge in [0, 0.05) is 21.9 Å². The zero-order valence-electron chi connectivity index (χ0n) is 13.8. The number of benzene rings is 2. The summed E-state index contributed by atoms with van der Waals surface area (Å²) in [4.78, 5) is 24.8. The molecular weight excluding hydrogens is 386 g/mol. The van der Waals surface area contributed by atoms with Crippen LogP contribution in [0.1, 0.15) is 26.4 Å². The Morgan fingerprint density at radius 3 is 2.32 bits per heavy atom. The first-order chi connectivity index (χ1) is 12.1. The van der Waals surface area contributed by atoms with Gasteiger partial charge in [-0.25, -0.2) is 9.59 Å². The molecule has 0 aliphatic carbocycles. The number of ether oxygens (including phenoxy) is 2. The molecule has 0 aliphatic rings. The van der Waals surface area contributed by atoms with E-state index in [9.17, 15) is 9.59 Å². The molecule has 0 saturated heterocycles. The molecule has 0 fully saturated rings. The summed E-state index contributed by atoms with van der Waals surface area (Å²) in [6.45, 7) is 0.431. The molecular formula is C19H16BrNO4. The number of nitrogens with zero attached hydrogens (tertiary/aromatic N) is 1. The number of methoxy groups -OCH3 is 2. The average Bonchev–Trinajstić information content (AvgIpc) is 2.94. The number of hydrogen-bond acceptors (Lipinski definition) is 4. The molecule has 128 valence electrons. The van der Waals surface area contributed by atoms with Gasteiger partial charge in [0.15, 0.2) is 0 Å². The number of hydrogen-bond donors (Lipinski definition) is 0. The second kappa shape index (κ2) is 7.11. The Morgan fingerprint density at radius 1 is 1.00 bits per heavy atom. The normalized spacial score (nSPS) is 10.7. The molecule has 0 unspecified atom stereocenters. The molecule has 0 N–H and O–H groups in total. The Morgan fingerprint density at radius 2 is 1.68 bits per heavy atom. The first-order valence-corrected chi connectivity index (χ1v) is 8.38. The van der Waals surface area contributed by atoms with Crippen molar-refractivity contribution in [2.24, 2.45) is 0 Å². The van der Waals surface area contributed by atoms with Crippen molar-refractivity contribution in [2.45, 2.75) is 6.54 Å². The Kier molecular flexibility index (Phi) is 4.90. The van der Waals surface area contributed by atoms with Crippen molar-refractivity contribution in [1.82, 2.24) is 4.57 Å². The number of aromatic nitrogens is 1. The maximum atomic E-state index is 12.5. The van der Waals surface area contributed by atoms with Crippen LogP contribution in [-0.4, -0.2) is 30.7 Å². The fourth-order valence-corrected chi connectivity index (χ4v) is 3.24. The molecule has 5 nitrogen and oxygen atoms in total. The van der Waals surface area contributed by atoms with Crippen LogP contribution in [0.2, 0.25) is 0 Å². The third kappa shape index (κ3) is 3.17. The highest BCUT2D eigenvalue weighted by Gasteiger charge is 2.28. The molecule has 3 aromatic rings. The Labute approximate surface area is 153 Å². The summed E-state index contributed by atoms with van der Waals surface area (Å²) < 4.78 is 12.4. The predicted molar refractivity (Wildman–Crippen MR) is 97.9 cm³/mol. The van der Waals surface area contributed by atoms with Gasteiger partial charge in [0.2, 0.25) is 0 Å². The van der Waals surface area contributed by atoms with E-state index in [1.54, 1.807) is 10.6 Å². The van der Waals surface area contributed by atoms with Gasteiger partial charge in [-0.3, -0.25) is 0 Å². The van der Waals surface area contributed by atoms with Gasteiger partial charge in [-0.1, -0.05) is 46.3 Å². The standard InChI is InChI=1S/C19H16BrNO4/c1-24-18(22)16-14-10-13(20)8-9-15(14)21(17(16)19(23)25-2)11-12-6-4-3-5-7-12/h3-10H,11H2,1-2H3. The molecule has 0 saturated carbocycles. The maximum Gasteiger partial charge on any atom is 0.355 e. The third-order valence-electron chi connectivity index (χ3n) is 3.98. The van der Waals surface area contributed by atoms with Crippen molar-refractivity contribution < 1.29 is 19.1 Å². The molecule has 3 rings (SSSR count). The Balaban J connectivity index is 2.33. The third-order valence-corrected chi connectivity index (χ3v) is 4.47. The lowest BCUT2D eigenvalue weighted by atomic mass is 10.1. The van der Waals surface area contributed by atoms with Crippen molar-refractivity contribution >= 4 is 38.8 Å². The van der Waals surface area contributed by atoms with E-state index in [1.165, 1.54) is 14.2 Å². The predicted octanol–water partition coefficient (Wildman–Crippen LogP) is 4.03. The van der Waals surface area contributed by atoms with Gasteiger partial charge in [-0.15, -0.1) is 0 Å². The lowest BCUT2D eigenvalue weighted by Crippen LogP contribution is -2.16. The van der Waals surface area contributed by atoms with Crippen LogP contribution in [0.5, 0.6) is 0 Å². The molecule has 0 radical (unpaired) electrons. The van der Waals surface area contributed by atoms with Gasteiger partial charge < -0.3 is 14.0 Å². The van der Waals surface area contributed by atoms with Crippen LogP contribution in [0.15, 0.2) is 53.0 Å². The summed E-state index contributed by atoms with van der Waals surface area (Å²) in [5.41, 5.74) is 2.16. The van der Waals surface area contributed by atoms with Crippen molar-refractivity contribution in [3.05, 3.63) is 69.8 Å². The quantitative estimate of drug-likeness (QED) is 0.619.